The van der Waals surface area contributed by atoms with Gasteiger partial charge in [0.05, 0.1) is 17.1 Å². The molecule has 0 heterocycles. The molecule has 10 rings (SSSR count). The molecule has 9 aromatic rings. The highest BCUT2D eigenvalue weighted by atomic mass is 15.2. The molecular weight excluding hydrogens is 651 g/mol. The summed E-state index contributed by atoms with van der Waals surface area (Å²) in [5.74, 6) is 0. The molecular formula is C53H39N. The lowest BCUT2D eigenvalue weighted by Gasteiger charge is -2.35. The first-order valence-electron chi connectivity index (χ1n) is 18.9. The number of nitrogens with zero attached hydrogens (tertiary/aromatic N) is 1. The number of benzene rings is 9. The number of fused-ring (bicyclic) bond motifs is 6. The second-order valence-corrected chi connectivity index (χ2v) is 14.8. The second-order valence-electron chi connectivity index (χ2n) is 14.8. The van der Waals surface area contributed by atoms with E-state index in [1.54, 1.807) is 0 Å². The third-order valence-electron chi connectivity index (χ3n) is 11.4. The molecule has 1 aliphatic carbocycles. The quantitative estimate of drug-likeness (QED) is 0.157. The lowest BCUT2D eigenvalue weighted by atomic mass is 9.81. The summed E-state index contributed by atoms with van der Waals surface area (Å²) in [7, 11) is 0. The summed E-state index contributed by atoms with van der Waals surface area (Å²) in [5.41, 5.74) is 15.8. The number of hydrogen-bond donors (Lipinski definition) is 0. The van der Waals surface area contributed by atoms with Gasteiger partial charge in [-0.15, -0.1) is 0 Å². The number of anilines is 3. The minimum absolute atomic E-state index is 0.230. The van der Waals surface area contributed by atoms with Crippen LogP contribution in [0.5, 0.6) is 0 Å². The first-order chi connectivity index (χ1) is 26.6. The van der Waals surface area contributed by atoms with Crippen LogP contribution in [0.4, 0.5) is 17.1 Å². The van der Waals surface area contributed by atoms with Crippen molar-refractivity contribution in [3.8, 4) is 44.5 Å². The van der Waals surface area contributed by atoms with Gasteiger partial charge in [-0.3, -0.25) is 0 Å². The molecule has 1 aliphatic rings. The van der Waals surface area contributed by atoms with Gasteiger partial charge in [-0.25, -0.2) is 0 Å². The van der Waals surface area contributed by atoms with E-state index in [1.807, 2.05) is 0 Å². The normalized spacial score (nSPS) is 12.8. The monoisotopic (exact) mass is 689 g/mol. The highest BCUT2D eigenvalue weighted by molar-refractivity contribution is 6.16. The summed E-state index contributed by atoms with van der Waals surface area (Å²) in [6, 6.07) is 73.5. The fraction of sp³-hybridized carbons (Fsp3) is 0.0566. The maximum Gasteiger partial charge on any atom is 0.0546 e. The molecule has 54 heavy (non-hydrogen) atoms. The van der Waals surface area contributed by atoms with Crippen molar-refractivity contribution in [1.29, 1.82) is 0 Å². The van der Waals surface area contributed by atoms with Crippen molar-refractivity contribution in [3.05, 3.63) is 211 Å². The van der Waals surface area contributed by atoms with Crippen LogP contribution < -0.4 is 4.90 Å². The van der Waals surface area contributed by atoms with Crippen molar-refractivity contribution in [2.24, 2.45) is 0 Å². The van der Waals surface area contributed by atoms with E-state index in [9.17, 15) is 0 Å². The maximum absolute atomic E-state index is 2.59. The molecule has 0 atom stereocenters. The molecule has 0 aliphatic heterocycles. The van der Waals surface area contributed by atoms with Crippen molar-refractivity contribution < 1.29 is 0 Å². The van der Waals surface area contributed by atoms with Gasteiger partial charge in [-0.1, -0.05) is 196 Å². The van der Waals surface area contributed by atoms with E-state index in [0.717, 1.165) is 11.4 Å². The predicted molar refractivity (Wildman–Crippen MR) is 230 cm³/mol. The molecule has 9 aromatic carbocycles. The van der Waals surface area contributed by atoms with Crippen molar-refractivity contribution in [3.63, 3.8) is 0 Å². The van der Waals surface area contributed by atoms with Crippen molar-refractivity contribution in [2.75, 3.05) is 4.90 Å². The molecule has 0 aromatic heterocycles. The summed E-state index contributed by atoms with van der Waals surface area (Å²) < 4.78 is 0. The number of rotatable bonds is 6. The van der Waals surface area contributed by atoms with Crippen LogP contribution in [0.3, 0.4) is 0 Å². The van der Waals surface area contributed by atoms with Gasteiger partial charge in [0, 0.05) is 16.4 Å². The van der Waals surface area contributed by atoms with Gasteiger partial charge in [0.25, 0.3) is 0 Å². The Bertz CT molecular complexity index is 2850. The summed E-state index contributed by atoms with van der Waals surface area (Å²) in [6.45, 7) is 4.79. The molecule has 0 spiro atoms. The van der Waals surface area contributed by atoms with Crippen LogP contribution in [0.1, 0.15) is 25.0 Å². The molecule has 0 unspecified atom stereocenters. The minimum Gasteiger partial charge on any atom is -0.309 e. The van der Waals surface area contributed by atoms with Gasteiger partial charge in [0.1, 0.15) is 0 Å². The Hall–Kier alpha value is -6.70. The lowest BCUT2D eigenvalue weighted by Crippen LogP contribution is -2.21. The molecule has 0 radical (unpaired) electrons. The Kier molecular flexibility index (Phi) is 7.56. The highest BCUT2D eigenvalue weighted by Gasteiger charge is 2.39. The third kappa shape index (κ3) is 5.00. The van der Waals surface area contributed by atoms with E-state index >= 15 is 0 Å². The van der Waals surface area contributed by atoms with Gasteiger partial charge < -0.3 is 4.90 Å². The fourth-order valence-corrected chi connectivity index (χ4v) is 9.05. The summed E-state index contributed by atoms with van der Waals surface area (Å²) in [6.07, 6.45) is 0. The zero-order valence-corrected chi connectivity index (χ0v) is 30.5. The molecule has 0 fully saturated rings. The Morgan fingerprint density at radius 2 is 0.870 bits per heavy atom. The van der Waals surface area contributed by atoms with Crippen LogP contribution in [-0.2, 0) is 5.41 Å². The Balaban J connectivity index is 1.37. The molecule has 0 saturated heterocycles. The Labute approximate surface area is 317 Å². The topological polar surface area (TPSA) is 3.24 Å². The van der Waals surface area contributed by atoms with Gasteiger partial charge in [0.2, 0.25) is 0 Å². The zero-order chi connectivity index (χ0) is 36.2. The molecule has 1 heteroatoms. The average Bonchev–Trinajstić information content (AvgIpc) is 3.48. The van der Waals surface area contributed by atoms with E-state index in [0.29, 0.717) is 0 Å². The van der Waals surface area contributed by atoms with Crippen molar-refractivity contribution in [1.82, 2.24) is 0 Å². The lowest BCUT2D eigenvalue weighted by molar-refractivity contribution is 0.661. The zero-order valence-electron chi connectivity index (χ0n) is 30.5. The summed E-state index contributed by atoms with van der Waals surface area (Å²) in [4.78, 5) is 2.59. The Morgan fingerprint density at radius 3 is 1.61 bits per heavy atom. The number of hydrogen-bond acceptors (Lipinski definition) is 1. The highest BCUT2D eigenvalue weighted by Crippen LogP contribution is 2.57. The van der Waals surface area contributed by atoms with Crippen LogP contribution in [0, 0.1) is 0 Å². The Morgan fingerprint density at radius 1 is 0.352 bits per heavy atom. The molecule has 0 bridgehead atoms. The minimum atomic E-state index is -0.230. The molecule has 0 N–H and O–H groups in total. The van der Waals surface area contributed by atoms with Gasteiger partial charge >= 0.3 is 0 Å². The smallest absolute Gasteiger partial charge is 0.0546 e. The van der Waals surface area contributed by atoms with E-state index in [2.05, 4.69) is 219 Å². The van der Waals surface area contributed by atoms with Gasteiger partial charge in [-0.2, -0.15) is 0 Å². The van der Waals surface area contributed by atoms with Crippen LogP contribution in [0.15, 0.2) is 200 Å². The first-order valence-corrected chi connectivity index (χ1v) is 18.9. The van der Waals surface area contributed by atoms with Crippen LogP contribution in [0.25, 0.3) is 66.1 Å². The molecule has 1 nitrogen and oxygen atoms in total. The molecule has 0 saturated carbocycles. The summed E-state index contributed by atoms with van der Waals surface area (Å²) in [5, 5.41) is 4.94. The third-order valence-corrected chi connectivity index (χ3v) is 11.4. The summed E-state index contributed by atoms with van der Waals surface area (Å²) >= 11 is 0. The van der Waals surface area contributed by atoms with E-state index in [-0.39, 0.29) is 5.41 Å². The van der Waals surface area contributed by atoms with Crippen LogP contribution in [0.2, 0.25) is 0 Å². The largest absolute Gasteiger partial charge is 0.309 e. The van der Waals surface area contributed by atoms with E-state index in [1.165, 1.54) is 82.9 Å². The maximum atomic E-state index is 2.59. The van der Waals surface area contributed by atoms with Gasteiger partial charge in [-0.05, 0) is 84.4 Å². The standard InChI is InChI=1S/C53H39N/c1-53(2)47-32-16-15-27-43(47)46-31-18-34-49(52(46)53)54(50-35-38-23-9-10-25-40(38)42-26-12-13-28-44(42)50)48-33-17-30-41(37-21-7-4-8-22-37)51(48)45-29-14-11-24-39(45)36-19-5-3-6-20-36/h3-35H,1-2H3. The van der Waals surface area contributed by atoms with Crippen LogP contribution >= 0.6 is 0 Å². The van der Waals surface area contributed by atoms with Gasteiger partial charge in [0.15, 0.2) is 0 Å². The first kappa shape index (κ1) is 32.0. The second kappa shape index (κ2) is 12.8. The SMILES string of the molecule is CC1(C)c2ccccc2-c2cccc(N(c3cccc(-c4ccccc4)c3-c3ccccc3-c3ccccc3)c3cc4ccccc4c4ccccc34)c21. The van der Waals surface area contributed by atoms with Crippen molar-refractivity contribution >= 4 is 38.6 Å². The fourth-order valence-electron chi connectivity index (χ4n) is 9.05. The van der Waals surface area contributed by atoms with E-state index < -0.39 is 0 Å². The van der Waals surface area contributed by atoms with Crippen LogP contribution in [-0.4, -0.2) is 0 Å². The van der Waals surface area contributed by atoms with E-state index in [4.69, 9.17) is 0 Å². The van der Waals surface area contributed by atoms with Crippen molar-refractivity contribution in [2.45, 2.75) is 19.3 Å². The average molecular weight is 690 g/mol. The predicted octanol–water partition coefficient (Wildman–Crippen LogP) is 14.8. The molecule has 0 amide bonds. The molecule has 256 valence electrons.